The molecular weight excluding hydrogens is 623 g/mol. The van der Waals surface area contributed by atoms with Crippen molar-refractivity contribution in [2.75, 3.05) is 19.1 Å². The Bertz CT molecular complexity index is 2750. The van der Waals surface area contributed by atoms with E-state index in [1.807, 2.05) is 24.3 Å². The second kappa shape index (κ2) is 12.6. The van der Waals surface area contributed by atoms with Crippen LogP contribution in [0.4, 0.5) is 0 Å². The molecule has 0 spiro atoms. The molecule has 2 heterocycles. The minimum absolute atomic E-state index is 0.672. The lowest BCUT2D eigenvalue weighted by molar-refractivity contribution is 0.865. The fourth-order valence-corrected chi connectivity index (χ4v) is 7.40. The Balaban J connectivity index is 1.24. The van der Waals surface area contributed by atoms with Crippen molar-refractivity contribution in [1.82, 2.24) is 9.24 Å². The van der Waals surface area contributed by atoms with Crippen molar-refractivity contribution in [2.24, 2.45) is 9.98 Å². The minimum atomic E-state index is 0.672. The zero-order chi connectivity index (χ0) is 34.3. The number of nitrogens with zero attached hydrogens (tertiary/aromatic N) is 5. The molecular formula is C46H35N5. The van der Waals surface area contributed by atoms with E-state index in [9.17, 15) is 0 Å². The quantitative estimate of drug-likeness (QED) is 0.134. The van der Waals surface area contributed by atoms with Crippen LogP contribution in [0.15, 0.2) is 186 Å². The van der Waals surface area contributed by atoms with Gasteiger partial charge in [-0.25, -0.2) is 4.99 Å². The van der Waals surface area contributed by atoms with Gasteiger partial charge < -0.3 is 4.57 Å². The summed E-state index contributed by atoms with van der Waals surface area (Å²) in [5.74, 6) is 1.47. The average Bonchev–Trinajstić information content (AvgIpc) is 3.71. The lowest BCUT2D eigenvalue weighted by Crippen LogP contribution is -2.37. The molecule has 51 heavy (non-hydrogen) atoms. The molecule has 2 aromatic heterocycles. The van der Waals surface area contributed by atoms with E-state index >= 15 is 0 Å². The normalized spacial score (nSPS) is 12.4. The summed E-state index contributed by atoms with van der Waals surface area (Å²) in [6.45, 7) is 0. The SMILES string of the molecule is CN=C(N=C(c1ccccc1)N(C)n1c2ccccc2c2ccc(-c3ccc4c(c3)c3ccccc3n4-c3ccccc3)cc21)c1ccccc1. The molecule has 7 aromatic carbocycles. The molecule has 9 aromatic rings. The average molecular weight is 658 g/mol. The van der Waals surface area contributed by atoms with Crippen molar-refractivity contribution in [2.45, 2.75) is 0 Å². The first-order valence-corrected chi connectivity index (χ1v) is 17.2. The Morgan fingerprint density at radius 2 is 1.00 bits per heavy atom. The van der Waals surface area contributed by atoms with E-state index < -0.39 is 0 Å². The second-order valence-electron chi connectivity index (χ2n) is 12.7. The second-order valence-corrected chi connectivity index (χ2v) is 12.7. The lowest BCUT2D eigenvalue weighted by Gasteiger charge is -2.25. The van der Waals surface area contributed by atoms with Crippen LogP contribution in [-0.2, 0) is 0 Å². The van der Waals surface area contributed by atoms with E-state index in [2.05, 4.69) is 178 Å². The number of hydrogen-bond acceptors (Lipinski definition) is 1. The fraction of sp³-hybridized carbons (Fsp3) is 0.0435. The molecule has 0 bridgehead atoms. The number of para-hydroxylation sites is 3. The molecule has 0 aliphatic carbocycles. The smallest absolute Gasteiger partial charge is 0.157 e. The molecule has 0 atom stereocenters. The predicted molar refractivity (Wildman–Crippen MR) is 215 cm³/mol. The number of aromatic nitrogens is 2. The van der Waals surface area contributed by atoms with Crippen molar-refractivity contribution < 1.29 is 0 Å². The minimum Gasteiger partial charge on any atom is -0.309 e. The van der Waals surface area contributed by atoms with Crippen LogP contribution in [0.5, 0.6) is 0 Å². The van der Waals surface area contributed by atoms with Gasteiger partial charge in [-0.15, -0.1) is 0 Å². The van der Waals surface area contributed by atoms with Crippen molar-refractivity contribution in [1.29, 1.82) is 0 Å². The van der Waals surface area contributed by atoms with Gasteiger partial charge in [-0.05, 0) is 53.6 Å². The molecule has 0 radical (unpaired) electrons. The Labute approximate surface area is 296 Å². The van der Waals surface area contributed by atoms with Gasteiger partial charge in [0.15, 0.2) is 11.7 Å². The first-order valence-electron chi connectivity index (χ1n) is 17.2. The first kappa shape index (κ1) is 30.3. The van der Waals surface area contributed by atoms with Crippen molar-refractivity contribution in [3.8, 4) is 16.8 Å². The third kappa shape index (κ3) is 5.18. The summed E-state index contributed by atoms with van der Waals surface area (Å²) in [6, 6.07) is 62.1. The van der Waals surface area contributed by atoms with Gasteiger partial charge in [0.2, 0.25) is 0 Å². The van der Waals surface area contributed by atoms with Crippen LogP contribution < -0.4 is 5.01 Å². The van der Waals surface area contributed by atoms with Crippen molar-refractivity contribution in [3.63, 3.8) is 0 Å². The zero-order valence-electron chi connectivity index (χ0n) is 28.5. The number of rotatable bonds is 5. The van der Waals surface area contributed by atoms with Gasteiger partial charge in [-0.1, -0.05) is 133 Å². The number of benzene rings is 7. The van der Waals surface area contributed by atoms with Crippen LogP contribution in [0.1, 0.15) is 11.1 Å². The van der Waals surface area contributed by atoms with Gasteiger partial charge in [0.25, 0.3) is 0 Å². The summed E-state index contributed by atoms with van der Waals surface area (Å²) in [5.41, 5.74) is 10.0. The van der Waals surface area contributed by atoms with E-state index in [1.165, 1.54) is 38.1 Å². The highest BCUT2D eigenvalue weighted by Crippen LogP contribution is 2.37. The lowest BCUT2D eigenvalue weighted by atomic mass is 10.0. The number of amidine groups is 2. The highest BCUT2D eigenvalue weighted by atomic mass is 15.6. The van der Waals surface area contributed by atoms with Crippen molar-refractivity contribution >= 4 is 55.3 Å². The molecule has 9 rings (SSSR count). The van der Waals surface area contributed by atoms with Crippen LogP contribution in [0, 0.1) is 0 Å². The van der Waals surface area contributed by atoms with E-state index in [1.54, 1.807) is 7.05 Å². The Kier molecular flexibility index (Phi) is 7.51. The molecule has 0 aliphatic heterocycles. The molecule has 0 fully saturated rings. The molecule has 0 unspecified atom stereocenters. The summed E-state index contributed by atoms with van der Waals surface area (Å²) >= 11 is 0. The summed E-state index contributed by atoms with van der Waals surface area (Å²) in [6.07, 6.45) is 0. The molecule has 0 aliphatic rings. The molecule has 244 valence electrons. The first-order chi connectivity index (χ1) is 25.2. The largest absolute Gasteiger partial charge is 0.309 e. The van der Waals surface area contributed by atoms with Gasteiger partial charge in [-0.3, -0.25) is 14.7 Å². The van der Waals surface area contributed by atoms with Gasteiger partial charge in [-0.2, -0.15) is 0 Å². The molecule has 5 heteroatoms. The number of fused-ring (bicyclic) bond motifs is 6. The molecule has 0 saturated carbocycles. The zero-order valence-corrected chi connectivity index (χ0v) is 28.5. The monoisotopic (exact) mass is 657 g/mol. The maximum Gasteiger partial charge on any atom is 0.157 e. The summed E-state index contributed by atoms with van der Waals surface area (Å²) in [7, 11) is 3.89. The predicted octanol–water partition coefficient (Wildman–Crippen LogP) is 10.6. The molecule has 0 amide bonds. The Morgan fingerprint density at radius 1 is 0.471 bits per heavy atom. The summed E-state index contributed by atoms with van der Waals surface area (Å²) in [5, 5.41) is 7.00. The van der Waals surface area contributed by atoms with Gasteiger partial charge in [0.1, 0.15) is 0 Å². The highest BCUT2D eigenvalue weighted by molar-refractivity contribution is 6.17. The van der Waals surface area contributed by atoms with Crippen LogP contribution in [0.2, 0.25) is 0 Å². The molecule has 5 nitrogen and oxygen atoms in total. The van der Waals surface area contributed by atoms with Crippen LogP contribution in [-0.4, -0.2) is 35.0 Å². The number of aliphatic imine (C=N–C) groups is 2. The maximum atomic E-state index is 5.24. The van der Waals surface area contributed by atoms with Gasteiger partial charge in [0, 0.05) is 52.5 Å². The van der Waals surface area contributed by atoms with Crippen LogP contribution in [0.25, 0.3) is 60.4 Å². The highest BCUT2D eigenvalue weighted by Gasteiger charge is 2.20. The standard InChI is InChI=1S/C46H35N5/c1-47-45(32-16-6-3-7-17-32)48-46(33-18-8-4-9-19-33)49(2)51-43-25-15-13-22-37(43)39-28-26-35(31-44(39)51)34-27-29-42-40(30-34)38-23-12-14-24-41(38)50(42)36-20-10-5-11-21-36/h3-31H,1-2H3. The molecule has 0 saturated heterocycles. The Hall–Kier alpha value is -6.72. The van der Waals surface area contributed by atoms with Gasteiger partial charge in [0.05, 0.1) is 22.1 Å². The van der Waals surface area contributed by atoms with E-state index in [0.717, 1.165) is 39.2 Å². The topological polar surface area (TPSA) is 37.8 Å². The fourth-order valence-electron chi connectivity index (χ4n) is 7.40. The Morgan fingerprint density at radius 3 is 1.71 bits per heavy atom. The van der Waals surface area contributed by atoms with Crippen LogP contribution >= 0.6 is 0 Å². The third-order valence-electron chi connectivity index (χ3n) is 9.76. The van der Waals surface area contributed by atoms with Crippen molar-refractivity contribution in [3.05, 3.63) is 187 Å². The van der Waals surface area contributed by atoms with E-state index in [-0.39, 0.29) is 0 Å². The third-order valence-corrected chi connectivity index (χ3v) is 9.76. The van der Waals surface area contributed by atoms with E-state index in [4.69, 9.17) is 4.99 Å². The van der Waals surface area contributed by atoms with Crippen LogP contribution in [0.3, 0.4) is 0 Å². The molecule has 0 N–H and O–H groups in total. The summed E-state index contributed by atoms with van der Waals surface area (Å²) < 4.78 is 4.65. The van der Waals surface area contributed by atoms with E-state index in [0.29, 0.717) is 5.84 Å². The van der Waals surface area contributed by atoms with Gasteiger partial charge >= 0.3 is 0 Å². The maximum absolute atomic E-state index is 5.24. The number of hydrogen-bond donors (Lipinski definition) is 0. The summed E-state index contributed by atoms with van der Waals surface area (Å²) in [4.78, 5) is 9.87.